The molecular formula is C27H31N3O4. The molecule has 0 spiro atoms. The van der Waals surface area contributed by atoms with Crippen molar-refractivity contribution >= 4 is 23.2 Å². The van der Waals surface area contributed by atoms with E-state index in [2.05, 4.69) is 16.0 Å². The van der Waals surface area contributed by atoms with Gasteiger partial charge in [-0.25, -0.2) is 0 Å². The van der Waals surface area contributed by atoms with Gasteiger partial charge in [-0.2, -0.15) is 0 Å². The van der Waals surface area contributed by atoms with E-state index in [0.717, 1.165) is 28.3 Å². The first-order chi connectivity index (χ1) is 16.4. The zero-order valence-corrected chi connectivity index (χ0v) is 19.5. The van der Waals surface area contributed by atoms with E-state index in [1.54, 1.807) is 0 Å². The summed E-state index contributed by atoms with van der Waals surface area (Å²) in [7, 11) is 0. The molecule has 0 fully saturated rings. The number of carbonyl (C=O) groups is 2. The van der Waals surface area contributed by atoms with E-state index in [9.17, 15) is 14.7 Å². The largest absolute Gasteiger partial charge is 0.491 e. The minimum atomic E-state index is -0.662. The van der Waals surface area contributed by atoms with Crippen molar-refractivity contribution in [2.24, 2.45) is 0 Å². The van der Waals surface area contributed by atoms with Crippen molar-refractivity contribution in [1.29, 1.82) is 0 Å². The number of aliphatic hydroxyl groups excluding tert-OH is 1. The molecule has 2 amide bonds. The normalized spacial score (nSPS) is 11.6. The minimum Gasteiger partial charge on any atom is -0.491 e. The first-order valence-corrected chi connectivity index (χ1v) is 11.2. The Morgan fingerprint density at radius 3 is 1.74 bits per heavy atom. The summed E-state index contributed by atoms with van der Waals surface area (Å²) >= 11 is 0. The number of nitrogens with one attached hydrogen (secondary N) is 3. The quantitative estimate of drug-likeness (QED) is 0.348. The van der Waals surface area contributed by atoms with Gasteiger partial charge in [-0.15, -0.1) is 0 Å². The summed E-state index contributed by atoms with van der Waals surface area (Å²) in [6.07, 6.45) is -0.662. The van der Waals surface area contributed by atoms with Crippen LogP contribution in [0.15, 0.2) is 78.9 Å². The lowest BCUT2D eigenvalue weighted by Gasteiger charge is -2.21. The molecular weight excluding hydrogens is 430 g/mol. The third kappa shape index (κ3) is 8.03. The van der Waals surface area contributed by atoms with Gasteiger partial charge in [-0.05, 0) is 47.5 Å². The third-order valence-corrected chi connectivity index (χ3v) is 5.18. The maximum Gasteiger partial charge on any atom is 0.221 e. The van der Waals surface area contributed by atoms with Gasteiger partial charge in [0.2, 0.25) is 11.8 Å². The molecule has 0 aromatic heterocycles. The Morgan fingerprint density at radius 2 is 1.26 bits per heavy atom. The van der Waals surface area contributed by atoms with Gasteiger partial charge in [0.25, 0.3) is 0 Å². The monoisotopic (exact) mass is 461 g/mol. The zero-order valence-electron chi connectivity index (χ0n) is 19.5. The molecule has 0 unspecified atom stereocenters. The molecule has 0 aliphatic carbocycles. The fraction of sp³-hybridized carbons (Fsp3) is 0.259. The fourth-order valence-corrected chi connectivity index (χ4v) is 3.59. The highest BCUT2D eigenvalue weighted by atomic mass is 16.5. The van der Waals surface area contributed by atoms with Crippen molar-refractivity contribution < 1.29 is 19.4 Å². The van der Waals surface area contributed by atoms with Crippen molar-refractivity contribution in [1.82, 2.24) is 5.32 Å². The van der Waals surface area contributed by atoms with Crippen LogP contribution in [0.3, 0.4) is 0 Å². The lowest BCUT2D eigenvalue weighted by Crippen LogP contribution is -2.34. The number of amides is 2. The van der Waals surface area contributed by atoms with Crippen molar-refractivity contribution in [3.05, 3.63) is 90.0 Å². The topological polar surface area (TPSA) is 99.7 Å². The van der Waals surface area contributed by atoms with Gasteiger partial charge >= 0.3 is 0 Å². The van der Waals surface area contributed by atoms with Crippen molar-refractivity contribution in [2.75, 3.05) is 30.3 Å². The van der Waals surface area contributed by atoms with Crippen LogP contribution in [-0.4, -0.2) is 42.7 Å². The summed E-state index contributed by atoms with van der Waals surface area (Å²) < 4.78 is 5.63. The Bertz CT molecular complexity index is 994. The molecule has 3 rings (SSSR count). The summed E-state index contributed by atoms with van der Waals surface area (Å²) in [6.45, 7) is 4.10. The molecule has 0 saturated heterocycles. The van der Waals surface area contributed by atoms with E-state index in [1.807, 2.05) is 78.9 Å². The molecule has 3 aromatic rings. The Morgan fingerprint density at radius 1 is 0.765 bits per heavy atom. The number of ether oxygens (including phenoxy) is 1. The van der Waals surface area contributed by atoms with Crippen LogP contribution in [0.5, 0.6) is 5.75 Å². The fourth-order valence-electron chi connectivity index (χ4n) is 3.59. The highest BCUT2D eigenvalue weighted by molar-refractivity contribution is 5.89. The van der Waals surface area contributed by atoms with E-state index in [-0.39, 0.29) is 24.3 Å². The number of carbonyl (C=O) groups excluding carboxylic acids is 2. The number of hydrogen-bond donors (Lipinski definition) is 4. The zero-order chi connectivity index (χ0) is 24.3. The Labute approximate surface area is 200 Å². The average molecular weight is 462 g/mol. The Hall–Kier alpha value is -3.68. The number of benzene rings is 3. The van der Waals surface area contributed by atoms with E-state index in [1.165, 1.54) is 13.8 Å². The molecule has 0 heterocycles. The van der Waals surface area contributed by atoms with E-state index < -0.39 is 6.10 Å². The van der Waals surface area contributed by atoms with Crippen LogP contribution in [-0.2, 0) is 9.59 Å². The van der Waals surface area contributed by atoms with Gasteiger partial charge < -0.3 is 25.8 Å². The Kier molecular flexibility index (Phi) is 9.20. The highest BCUT2D eigenvalue weighted by Gasteiger charge is 2.16. The van der Waals surface area contributed by atoms with Crippen LogP contribution >= 0.6 is 0 Å². The first kappa shape index (κ1) is 25.0. The molecule has 0 aliphatic heterocycles. The molecule has 7 nitrogen and oxygen atoms in total. The summed E-state index contributed by atoms with van der Waals surface area (Å²) in [5.41, 5.74) is 3.59. The number of aliphatic hydroxyl groups is 1. The predicted molar refractivity (Wildman–Crippen MR) is 134 cm³/mol. The molecule has 0 saturated carbocycles. The molecule has 0 aliphatic rings. The smallest absolute Gasteiger partial charge is 0.221 e. The van der Waals surface area contributed by atoms with Gasteiger partial charge in [-0.1, -0.05) is 42.5 Å². The van der Waals surface area contributed by atoms with Crippen molar-refractivity contribution in [3.63, 3.8) is 0 Å². The summed E-state index contributed by atoms with van der Waals surface area (Å²) in [5.74, 6) is 0.482. The summed E-state index contributed by atoms with van der Waals surface area (Å²) in [4.78, 5) is 22.7. The Balaban J connectivity index is 1.66. The molecule has 7 heteroatoms. The van der Waals surface area contributed by atoms with E-state index >= 15 is 0 Å². The second-order valence-electron chi connectivity index (χ2n) is 8.10. The standard InChI is InChI=1S/C27H31N3O4/c1-19(31)29-23-12-8-21(9-13-23)27(22-10-14-24(15-11-22)30-20(2)32)17-28-16-25(33)18-34-26-6-4-3-5-7-26/h3-15,25,27-28,33H,16-18H2,1-2H3,(H,29,31)(H,30,32)/t25-/m0/s1. The van der Waals surface area contributed by atoms with Gasteiger partial charge in [0.05, 0.1) is 0 Å². The first-order valence-electron chi connectivity index (χ1n) is 11.2. The molecule has 1 atom stereocenters. The number of anilines is 2. The van der Waals surface area contributed by atoms with Crippen molar-refractivity contribution in [3.8, 4) is 5.75 Å². The van der Waals surface area contributed by atoms with Crippen LogP contribution in [0.25, 0.3) is 0 Å². The number of rotatable bonds is 11. The molecule has 178 valence electrons. The lowest BCUT2D eigenvalue weighted by molar-refractivity contribution is -0.115. The van der Waals surface area contributed by atoms with Crippen LogP contribution in [0, 0.1) is 0 Å². The molecule has 34 heavy (non-hydrogen) atoms. The maximum atomic E-state index is 11.3. The highest BCUT2D eigenvalue weighted by Crippen LogP contribution is 2.27. The minimum absolute atomic E-state index is 0.00000201. The van der Waals surface area contributed by atoms with E-state index in [0.29, 0.717) is 13.1 Å². The number of para-hydroxylation sites is 1. The second-order valence-corrected chi connectivity index (χ2v) is 8.10. The van der Waals surface area contributed by atoms with Gasteiger partial charge in [0.15, 0.2) is 0 Å². The number of hydrogen-bond acceptors (Lipinski definition) is 5. The summed E-state index contributed by atoms with van der Waals surface area (Å²) in [5, 5.41) is 19.2. The third-order valence-electron chi connectivity index (χ3n) is 5.18. The van der Waals surface area contributed by atoms with E-state index in [4.69, 9.17) is 4.74 Å². The average Bonchev–Trinajstić information content (AvgIpc) is 2.82. The summed E-state index contributed by atoms with van der Waals surface area (Å²) in [6, 6.07) is 24.8. The van der Waals surface area contributed by atoms with Crippen LogP contribution in [0.1, 0.15) is 30.9 Å². The van der Waals surface area contributed by atoms with Crippen LogP contribution in [0.4, 0.5) is 11.4 Å². The van der Waals surface area contributed by atoms with Crippen molar-refractivity contribution in [2.45, 2.75) is 25.9 Å². The molecule has 3 aromatic carbocycles. The molecule has 4 N–H and O–H groups in total. The lowest BCUT2D eigenvalue weighted by atomic mass is 9.90. The van der Waals surface area contributed by atoms with Crippen LogP contribution in [0.2, 0.25) is 0 Å². The van der Waals surface area contributed by atoms with Gasteiger partial charge in [0, 0.05) is 44.2 Å². The van der Waals surface area contributed by atoms with Crippen LogP contribution < -0.4 is 20.7 Å². The maximum absolute atomic E-state index is 11.3. The SMILES string of the molecule is CC(=O)Nc1ccc(C(CNC[C@H](O)COc2ccccc2)c2ccc(NC(C)=O)cc2)cc1. The van der Waals surface area contributed by atoms with Gasteiger partial charge in [-0.3, -0.25) is 9.59 Å². The molecule has 0 radical (unpaired) electrons. The predicted octanol–water partition coefficient (Wildman–Crippen LogP) is 3.76. The molecule has 0 bridgehead atoms. The second kappa shape index (κ2) is 12.5. The van der Waals surface area contributed by atoms with Gasteiger partial charge in [0.1, 0.15) is 18.5 Å².